The number of sulfonamides is 1. The van der Waals surface area contributed by atoms with Gasteiger partial charge in [0.1, 0.15) is 5.69 Å². The molecule has 0 atom stereocenters. The van der Waals surface area contributed by atoms with Gasteiger partial charge in [0.05, 0.1) is 23.2 Å². The van der Waals surface area contributed by atoms with Gasteiger partial charge in [-0.15, -0.1) is 5.10 Å². The predicted octanol–water partition coefficient (Wildman–Crippen LogP) is 1.03. The molecule has 0 amide bonds. The molecule has 0 fully saturated rings. The third-order valence-corrected chi connectivity index (χ3v) is 5.64. The van der Waals surface area contributed by atoms with Gasteiger partial charge < -0.3 is 5.32 Å². The number of hydrogen-bond acceptors (Lipinski definition) is 5. The first-order chi connectivity index (χ1) is 10.7. The van der Waals surface area contributed by atoms with Crippen LogP contribution in [0.15, 0.2) is 35.4 Å². The lowest BCUT2D eigenvalue weighted by atomic mass is 10.0. The molecular weight excluding hydrogens is 314 g/mol. The molecule has 23 heavy (non-hydrogen) atoms. The van der Waals surface area contributed by atoms with E-state index in [2.05, 4.69) is 15.6 Å². The first-order valence-corrected chi connectivity index (χ1v) is 8.72. The predicted molar refractivity (Wildman–Crippen MR) is 88.5 cm³/mol. The van der Waals surface area contributed by atoms with Crippen LogP contribution in [0.4, 0.5) is 0 Å². The number of aromatic nitrogens is 3. The summed E-state index contributed by atoms with van der Waals surface area (Å²) in [6, 6.07) is 6.87. The van der Waals surface area contributed by atoms with Crippen LogP contribution in [0.2, 0.25) is 0 Å². The topological polar surface area (TPSA) is 80.1 Å². The second-order valence-corrected chi connectivity index (χ2v) is 8.26. The molecule has 0 saturated heterocycles. The molecule has 7 nitrogen and oxygen atoms in total. The molecule has 2 aromatic rings. The number of rotatable bonds is 6. The summed E-state index contributed by atoms with van der Waals surface area (Å²) in [6.07, 6.45) is 1.86. The lowest BCUT2D eigenvalue weighted by Gasteiger charge is -2.20. The van der Waals surface area contributed by atoms with Gasteiger partial charge in [0, 0.05) is 14.1 Å². The largest absolute Gasteiger partial charge is 0.310 e. The number of nitrogens with zero attached hydrogens (tertiary/aromatic N) is 4. The molecule has 1 heterocycles. The van der Waals surface area contributed by atoms with Crippen LogP contribution < -0.4 is 5.32 Å². The summed E-state index contributed by atoms with van der Waals surface area (Å²) in [5.74, 6) is 0. The molecule has 0 radical (unpaired) electrons. The van der Waals surface area contributed by atoms with E-state index in [1.807, 2.05) is 33.2 Å². The fourth-order valence-corrected chi connectivity index (χ4v) is 2.96. The number of benzene rings is 1. The van der Waals surface area contributed by atoms with Gasteiger partial charge in [-0.2, -0.15) is 0 Å². The highest BCUT2D eigenvalue weighted by Gasteiger charge is 2.22. The minimum atomic E-state index is -3.44. The standard InChI is InChI=1S/C15H23N5O2S/c1-15(2,16-3)14-11-20(18-17-14)10-12-7-6-8-13(9-12)23(21,22)19(4)5/h6-9,11,16H,10H2,1-5H3. The zero-order chi connectivity index (χ0) is 17.3. The summed E-state index contributed by atoms with van der Waals surface area (Å²) in [5.41, 5.74) is 1.41. The maximum atomic E-state index is 12.2. The Kier molecular flexibility index (Phi) is 4.88. The van der Waals surface area contributed by atoms with E-state index >= 15 is 0 Å². The first-order valence-electron chi connectivity index (χ1n) is 7.28. The molecule has 0 bridgehead atoms. The molecule has 0 saturated carbocycles. The van der Waals surface area contributed by atoms with Crippen molar-refractivity contribution in [1.29, 1.82) is 0 Å². The van der Waals surface area contributed by atoms with E-state index < -0.39 is 10.0 Å². The lowest BCUT2D eigenvalue weighted by Crippen LogP contribution is -2.33. The van der Waals surface area contributed by atoms with Gasteiger partial charge in [0.2, 0.25) is 10.0 Å². The molecule has 126 valence electrons. The molecular formula is C15H23N5O2S. The van der Waals surface area contributed by atoms with Crippen molar-refractivity contribution in [2.75, 3.05) is 21.1 Å². The van der Waals surface area contributed by atoms with Crippen LogP contribution in [0.5, 0.6) is 0 Å². The number of hydrogen-bond donors (Lipinski definition) is 1. The van der Waals surface area contributed by atoms with E-state index in [4.69, 9.17) is 0 Å². The molecule has 0 spiro atoms. The van der Waals surface area contributed by atoms with Gasteiger partial charge in [0.25, 0.3) is 0 Å². The summed E-state index contributed by atoms with van der Waals surface area (Å²) in [7, 11) is 1.47. The normalized spacial score (nSPS) is 12.8. The Hall–Kier alpha value is -1.77. The molecule has 1 aromatic carbocycles. The minimum Gasteiger partial charge on any atom is -0.310 e. The quantitative estimate of drug-likeness (QED) is 0.852. The second kappa shape index (κ2) is 6.38. The minimum absolute atomic E-state index is 0.269. The van der Waals surface area contributed by atoms with Crippen molar-refractivity contribution in [2.45, 2.75) is 30.8 Å². The van der Waals surface area contributed by atoms with Gasteiger partial charge >= 0.3 is 0 Å². The van der Waals surface area contributed by atoms with E-state index in [9.17, 15) is 8.42 Å². The molecule has 1 aromatic heterocycles. The Morgan fingerprint density at radius 2 is 2.00 bits per heavy atom. The van der Waals surface area contributed by atoms with Crippen LogP contribution in [-0.2, 0) is 22.1 Å². The zero-order valence-corrected chi connectivity index (χ0v) is 14.9. The molecule has 2 rings (SSSR count). The van der Waals surface area contributed by atoms with Crippen molar-refractivity contribution in [2.24, 2.45) is 0 Å². The van der Waals surface area contributed by atoms with Crippen molar-refractivity contribution in [3.63, 3.8) is 0 Å². The van der Waals surface area contributed by atoms with E-state index in [-0.39, 0.29) is 10.4 Å². The van der Waals surface area contributed by atoms with Gasteiger partial charge in [-0.25, -0.2) is 17.4 Å². The number of nitrogens with one attached hydrogen (secondary N) is 1. The fourth-order valence-electron chi connectivity index (χ4n) is 1.99. The highest BCUT2D eigenvalue weighted by atomic mass is 32.2. The molecule has 8 heteroatoms. The zero-order valence-electron chi connectivity index (χ0n) is 14.1. The third-order valence-electron chi connectivity index (χ3n) is 3.83. The molecule has 0 aliphatic heterocycles. The summed E-state index contributed by atoms with van der Waals surface area (Å²) < 4.78 is 27.3. The summed E-state index contributed by atoms with van der Waals surface area (Å²) in [4.78, 5) is 0.274. The van der Waals surface area contributed by atoms with Gasteiger partial charge in [-0.05, 0) is 38.6 Å². The van der Waals surface area contributed by atoms with Crippen LogP contribution >= 0.6 is 0 Å². The fraction of sp³-hybridized carbons (Fsp3) is 0.467. The molecule has 0 aliphatic carbocycles. The second-order valence-electron chi connectivity index (χ2n) is 6.11. The molecule has 1 N–H and O–H groups in total. The SMILES string of the molecule is CNC(C)(C)c1cn(Cc2cccc(S(=O)(=O)N(C)C)c2)nn1. The van der Waals surface area contributed by atoms with Crippen LogP contribution in [-0.4, -0.2) is 48.9 Å². The first kappa shape index (κ1) is 17.6. The summed E-state index contributed by atoms with van der Waals surface area (Å²) >= 11 is 0. The smallest absolute Gasteiger partial charge is 0.242 e. The van der Waals surface area contributed by atoms with Crippen LogP contribution in [0, 0.1) is 0 Å². The Labute approximate surface area is 137 Å². The van der Waals surface area contributed by atoms with Gasteiger partial charge in [-0.3, -0.25) is 0 Å². The van der Waals surface area contributed by atoms with E-state index in [0.29, 0.717) is 6.54 Å². The average Bonchev–Trinajstić information content (AvgIpc) is 2.96. The molecule has 0 aliphatic rings. The highest BCUT2D eigenvalue weighted by molar-refractivity contribution is 7.89. The van der Waals surface area contributed by atoms with Crippen molar-refractivity contribution < 1.29 is 8.42 Å². The van der Waals surface area contributed by atoms with Crippen molar-refractivity contribution in [3.8, 4) is 0 Å². The van der Waals surface area contributed by atoms with Crippen molar-refractivity contribution in [3.05, 3.63) is 41.7 Å². The van der Waals surface area contributed by atoms with Crippen molar-refractivity contribution in [1.82, 2.24) is 24.6 Å². The van der Waals surface area contributed by atoms with E-state index in [1.165, 1.54) is 18.4 Å². The highest BCUT2D eigenvalue weighted by Crippen LogP contribution is 2.18. The monoisotopic (exact) mass is 337 g/mol. The maximum Gasteiger partial charge on any atom is 0.242 e. The van der Waals surface area contributed by atoms with E-state index in [1.54, 1.807) is 22.9 Å². The van der Waals surface area contributed by atoms with Gasteiger partial charge in [-0.1, -0.05) is 17.3 Å². The van der Waals surface area contributed by atoms with Crippen LogP contribution in [0.1, 0.15) is 25.1 Å². The Morgan fingerprint density at radius 3 is 2.61 bits per heavy atom. The summed E-state index contributed by atoms with van der Waals surface area (Å²) in [6.45, 7) is 4.50. The Balaban J connectivity index is 2.25. The molecule has 0 unspecified atom stereocenters. The van der Waals surface area contributed by atoms with E-state index in [0.717, 1.165) is 11.3 Å². The maximum absolute atomic E-state index is 12.2. The third kappa shape index (κ3) is 3.77. The Bertz CT molecular complexity index is 781. The summed E-state index contributed by atoms with van der Waals surface area (Å²) in [5, 5.41) is 11.5. The Morgan fingerprint density at radius 1 is 1.30 bits per heavy atom. The van der Waals surface area contributed by atoms with Crippen molar-refractivity contribution >= 4 is 10.0 Å². The average molecular weight is 337 g/mol. The van der Waals surface area contributed by atoms with Crippen LogP contribution in [0.3, 0.4) is 0 Å². The van der Waals surface area contributed by atoms with Crippen LogP contribution in [0.25, 0.3) is 0 Å². The lowest BCUT2D eigenvalue weighted by molar-refractivity contribution is 0.430. The van der Waals surface area contributed by atoms with Gasteiger partial charge in [0.15, 0.2) is 0 Å².